The minimum Gasteiger partial charge on any atom is -0.307 e. The molecule has 1 atom stereocenters. The Labute approximate surface area is 178 Å². The molecule has 0 radical (unpaired) electrons. The normalized spacial score (nSPS) is 16.6. The van der Waals surface area contributed by atoms with E-state index in [2.05, 4.69) is 4.99 Å². The van der Waals surface area contributed by atoms with Crippen LogP contribution in [0.1, 0.15) is 25.0 Å². The average Bonchev–Trinajstić information content (AvgIpc) is 2.98. The highest BCUT2D eigenvalue weighted by molar-refractivity contribution is 7.54. The van der Waals surface area contributed by atoms with Crippen molar-refractivity contribution < 1.29 is 31.6 Å². The smallest absolute Gasteiger partial charge is 0.307 e. The summed E-state index contributed by atoms with van der Waals surface area (Å²) in [5.41, 5.74) is 1.04. The lowest BCUT2D eigenvalue weighted by atomic mass is 10.1. The SMILES string of the molecule is CCOP(=O)(OCC)[C@@H](N=C1C(=O)N(Cc2ccccc2)c2ccccc21)C(F)(F)F. The first-order valence-electron chi connectivity index (χ1n) is 9.69. The molecular weight excluding hydrogens is 432 g/mol. The van der Waals surface area contributed by atoms with E-state index in [4.69, 9.17) is 9.05 Å². The van der Waals surface area contributed by atoms with Gasteiger partial charge in [0.25, 0.3) is 5.91 Å². The van der Waals surface area contributed by atoms with Gasteiger partial charge in [-0.3, -0.25) is 14.4 Å². The number of benzene rings is 2. The van der Waals surface area contributed by atoms with E-state index in [0.717, 1.165) is 5.56 Å². The largest absolute Gasteiger partial charge is 0.422 e. The van der Waals surface area contributed by atoms with Crippen LogP contribution in [0.15, 0.2) is 59.6 Å². The Morgan fingerprint density at radius 2 is 1.58 bits per heavy atom. The summed E-state index contributed by atoms with van der Waals surface area (Å²) in [5, 5.41) is 0. The van der Waals surface area contributed by atoms with Crippen LogP contribution in [0.4, 0.5) is 18.9 Å². The number of hydrogen-bond acceptors (Lipinski definition) is 5. The summed E-state index contributed by atoms with van der Waals surface area (Å²) in [6, 6.07) is 15.5. The van der Waals surface area contributed by atoms with Crippen LogP contribution in [0.25, 0.3) is 0 Å². The molecule has 0 unspecified atom stereocenters. The van der Waals surface area contributed by atoms with Crippen LogP contribution in [0.2, 0.25) is 0 Å². The van der Waals surface area contributed by atoms with Gasteiger partial charge >= 0.3 is 13.8 Å². The van der Waals surface area contributed by atoms with Gasteiger partial charge in [-0.15, -0.1) is 0 Å². The molecule has 0 N–H and O–H groups in total. The van der Waals surface area contributed by atoms with Gasteiger partial charge in [-0.2, -0.15) is 13.2 Å². The number of para-hydroxylation sites is 1. The summed E-state index contributed by atoms with van der Waals surface area (Å²) in [6.45, 7) is 2.44. The third kappa shape index (κ3) is 4.89. The number of anilines is 1. The molecule has 0 saturated heterocycles. The number of rotatable bonds is 8. The minimum atomic E-state index is -5.05. The van der Waals surface area contributed by atoms with Gasteiger partial charge in [0.05, 0.1) is 25.4 Å². The number of carbonyl (C=O) groups is 1. The number of hydrogen-bond donors (Lipinski definition) is 0. The van der Waals surface area contributed by atoms with Crippen molar-refractivity contribution in [1.29, 1.82) is 0 Å². The number of halogens is 3. The van der Waals surface area contributed by atoms with E-state index in [9.17, 15) is 22.5 Å². The first-order chi connectivity index (χ1) is 14.7. The minimum absolute atomic E-state index is 0.154. The van der Waals surface area contributed by atoms with E-state index < -0.39 is 31.2 Å². The lowest BCUT2D eigenvalue weighted by Crippen LogP contribution is -2.34. The van der Waals surface area contributed by atoms with Crippen molar-refractivity contribution in [1.82, 2.24) is 0 Å². The number of amides is 1. The van der Waals surface area contributed by atoms with Gasteiger partial charge < -0.3 is 13.9 Å². The Balaban J connectivity index is 2.08. The molecule has 2 aromatic carbocycles. The van der Waals surface area contributed by atoms with Crippen molar-refractivity contribution in [3.63, 3.8) is 0 Å². The van der Waals surface area contributed by atoms with Gasteiger partial charge in [-0.1, -0.05) is 48.5 Å². The molecule has 0 aliphatic carbocycles. The first kappa shape index (κ1) is 23.2. The second kappa shape index (κ2) is 9.34. The number of fused-ring (bicyclic) bond motifs is 1. The molecule has 1 aliphatic heterocycles. The van der Waals surface area contributed by atoms with Crippen LogP contribution < -0.4 is 4.90 Å². The Kier molecular flexibility index (Phi) is 6.99. The maximum Gasteiger partial charge on any atom is 0.422 e. The van der Waals surface area contributed by atoms with E-state index in [1.54, 1.807) is 30.3 Å². The van der Waals surface area contributed by atoms with Crippen LogP contribution >= 0.6 is 7.60 Å². The third-order valence-electron chi connectivity index (χ3n) is 4.54. The fourth-order valence-corrected chi connectivity index (χ4v) is 4.99. The van der Waals surface area contributed by atoms with Crippen molar-refractivity contribution in [2.75, 3.05) is 18.1 Å². The summed E-state index contributed by atoms with van der Waals surface area (Å²) in [6.07, 6.45) is -5.05. The van der Waals surface area contributed by atoms with E-state index in [1.807, 2.05) is 18.2 Å². The third-order valence-corrected chi connectivity index (χ3v) is 6.79. The summed E-state index contributed by atoms with van der Waals surface area (Å²) in [5.74, 6) is -3.53. The van der Waals surface area contributed by atoms with Crippen molar-refractivity contribution >= 4 is 24.9 Å². The maximum absolute atomic E-state index is 13.9. The molecule has 0 bridgehead atoms. The Morgan fingerprint density at radius 1 is 1.00 bits per heavy atom. The predicted molar refractivity (Wildman–Crippen MR) is 111 cm³/mol. The zero-order valence-electron chi connectivity index (χ0n) is 17.0. The lowest BCUT2D eigenvalue weighted by Gasteiger charge is -2.25. The molecule has 3 rings (SSSR count). The molecule has 0 saturated carbocycles. The topological polar surface area (TPSA) is 68.2 Å². The molecule has 0 spiro atoms. The molecular formula is C21H22F3N2O4P. The fraction of sp³-hybridized carbons (Fsp3) is 0.333. The van der Waals surface area contributed by atoms with Crippen LogP contribution in [0, 0.1) is 0 Å². The van der Waals surface area contributed by atoms with Crippen molar-refractivity contribution in [3.05, 3.63) is 65.7 Å². The van der Waals surface area contributed by atoms with Gasteiger partial charge in [-0.05, 0) is 25.5 Å². The average molecular weight is 454 g/mol. The molecule has 6 nitrogen and oxygen atoms in total. The summed E-state index contributed by atoms with van der Waals surface area (Å²) in [4.78, 5) is 18.1. The van der Waals surface area contributed by atoms with Crippen molar-refractivity contribution in [3.8, 4) is 0 Å². The highest BCUT2D eigenvalue weighted by Gasteiger charge is 2.55. The van der Waals surface area contributed by atoms with Crippen LogP contribution in [0.5, 0.6) is 0 Å². The van der Waals surface area contributed by atoms with Gasteiger partial charge in [0.15, 0.2) is 0 Å². The van der Waals surface area contributed by atoms with E-state index in [0.29, 0.717) is 5.69 Å². The van der Waals surface area contributed by atoms with Crippen molar-refractivity contribution in [2.24, 2.45) is 4.99 Å². The maximum atomic E-state index is 13.9. The fourth-order valence-electron chi connectivity index (χ4n) is 3.29. The molecule has 1 aliphatic rings. The zero-order valence-corrected chi connectivity index (χ0v) is 17.9. The van der Waals surface area contributed by atoms with Crippen LogP contribution in [-0.4, -0.2) is 36.8 Å². The molecule has 0 aromatic heterocycles. The first-order valence-corrected chi connectivity index (χ1v) is 11.3. The van der Waals surface area contributed by atoms with E-state index in [1.165, 1.54) is 24.8 Å². The highest BCUT2D eigenvalue weighted by Crippen LogP contribution is 2.59. The molecule has 2 aromatic rings. The number of aliphatic imine (C=N–C) groups is 1. The second-order valence-corrected chi connectivity index (χ2v) is 8.75. The molecule has 10 heteroatoms. The number of carbonyl (C=O) groups excluding carboxylic acids is 1. The van der Waals surface area contributed by atoms with Crippen molar-refractivity contribution in [2.45, 2.75) is 32.4 Å². The monoisotopic (exact) mass is 454 g/mol. The number of nitrogens with zero attached hydrogens (tertiary/aromatic N) is 2. The summed E-state index contributed by atoms with van der Waals surface area (Å²) < 4.78 is 64.4. The van der Waals surface area contributed by atoms with E-state index >= 15 is 0 Å². The molecule has 0 fully saturated rings. The molecule has 166 valence electrons. The Hall–Kier alpha value is -2.48. The number of alkyl halides is 3. The Bertz CT molecular complexity index is 1000. The standard InChI is InChI=1S/C21H22F3N2O4P/c1-3-29-31(28,30-4-2)20(21(22,23)24)25-18-16-12-8-9-13-17(16)26(19(18)27)14-15-10-6-5-7-11-15/h5-13,20H,3-4,14H2,1-2H3/t20-/m1/s1. The van der Waals surface area contributed by atoms with Crippen LogP contribution in [-0.2, 0) is 25.0 Å². The quantitative estimate of drug-likeness (QED) is 0.516. The highest BCUT2D eigenvalue weighted by atomic mass is 31.2. The molecule has 1 amide bonds. The predicted octanol–water partition coefficient (Wildman–Crippen LogP) is 5.18. The zero-order chi connectivity index (χ0) is 22.6. The lowest BCUT2D eigenvalue weighted by molar-refractivity contribution is -0.133. The van der Waals surface area contributed by atoms with Gasteiger partial charge in [0.1, 0.15) is 5.71 Å². The molecule has 31 heavy (non-hydrogen) atoms. The Morgan fingerprint density at radius 3 is 2.16 bits per heavy atom. The summed E-state index contributed by atoms with van der Waals surface area (Å²) >= 11 is 0. The van der Waals surface area contributed by atoms with Gasteiger partial charge in [0, 0.05) is 5.56 Å². The second-order valence-electron chi connectivity index (χ2n) is 6.66. The van der Waals surface area contributed by atoms with Crippen LogP contribution in [0.3, 0.4) is 0 Å². The molecule has 1 heterocycles. The van der Waals surface area contributed by atoms with E-state index in [-0.39, 0.29) is 25.3 Å². The summed E-state index contributed by atoms with van der Waals surface area (Å²) in [7, 11) is -4.71. The van der Waals surface area contributed by atoms with Gasteiger partial charge in [0.2, 0.25) is 5.78 Å². The van der Waals surface area contributed by atoms with Gasteiger partial charge in [-0.25, -0.2) is 0 Å².